The van der Waals surface area contributed by atoms with Crippen molar-refractivity contribution in [2.45, 2.75) is 13.0 Å². The van der Waals surface area contributed by atoms with E-state index in [2.05, 4.69) is 6.58 Å². The fraction of sp³-hybridized carbons (Fsp3) is 0.150. The second kappa shape index (κ2) is 7.99. The second-order valence-electron chi connectivity index (χ2n) is 4.99. The van der Waals surface area contributed by atoms with Crippen molar-refractivity contribution in [3.05, 3.63) is 96.6 Å². The number of hydrogen-bond donors (Lipinski definition) is 0. The molecule has 0 aliphatic rings. The molecule has 1 atom stereocenters. The van der Waals surface area contributed by atoms with Crippen LogP contribution in [0.3, 0.4) is 0 Å². The molecule has 2 aromatic carbocycles. The zero-order valence-electron chi connectivity index (χ0n) is 12.9. The van der Waals surface area contributed by atoms with E-state index in [-0.39, 0.29) is 11.9 Å². The van der Waals surface area contributed by atoms with Crippen LogP contribution in [-0.2, 0) is 0 Å². The molecular weight excluding hydrogens is 270 g/mol. The largest absolute Gasteiger partial charge is 0.324 e. The first-order valence-electron chi connectivity index (χ1n) is 7.42. The molecule has 0 radical (unpaired) electrons. The Hall–Kier alpha value is -2.61. The van der Waals surface area contributed by atoms with Crippen molar-refractivity contribution >= 4 is 5.91 Å². The van der Waals surface area contributed by atoms with E-state index in [1.165, 1.54) is 0 Å². The van der Waals surface area contributed by atoms with Crippen LogP contribution < -0.4 is 0 Å². The summed E-state index contributed by atoms with van der Waals surface area (Å²) < 4.78 is 0. The van der Waals surface area contributed by atoms with Crippen LogP contribution in [0.25, 0.3) is 0 Å². The Balaban J connectivity index is 2.39. The Kier molecular flexibility index (Phi) is 5.73. The molecule has 2 heteroatoms. The summed E-state index contributed by atoms with van der Waals surface area (Å²) in [6.07, 6.45) is 5.78. The van der Waals surface area contributed by atoms with E-state index in [1.807, 2.05) is 84.6 Å². The highest BCUT2D eigenvalue weighted by Gasteiger charge is 2.22. The summed E-state index contributed by atoms with van der Waals surface area (Å²) in [5, 5.41) is 0. The summed E-state index contributed by atoms with van der Waals surface area (Å²) in [4.78, 5) is 14.7. The van der Waals surface area contributed by atoms with Gasteiger partial charge in [0.05, 0.1) is 6.04 Å². The molecule has 2 rings (SSSR count). The third kappa shape index (κ3) is 3.73. The smallest absolute Gasteiger partial charge is 0.254 e. The Morgan fingerprint density at radius 2 is 1.68 bits per heavy atom. The molecule has 2 nitrogen and oxygen atoms in total. The van der Waals surface area contributed by atoms with Gasteiger partial charge in [-0.15, -0.1) is 6.58 Å². The lowest BCUT2D eigenvalue weighted by molar-refractivity contribution is 0.0734. The molecule has 0 fully saturated rings. The topological polar surface area (TPSA) is 20.3 Å². The summed E-state index contributed by atoms with van der Waals surface area (Å²) in [6, 6.07) is 19.3. The van der Waals surface area contributed by atoms with Crippen LogP contribution in [0.1, 0.15) is 28.9 Å². The fourth-order valence-corrected chi connectivity index (χ4v) is 2.44. The third-order valence-corrected chi connectivity index (χ3v) is 3.46. The molecule has 0 aromatic heterocycles. The maximum absolute atomic E-state index is 12.9. The lowest BCUT2D eigenvalue weighted by Gasteiger charge is -2.29. The van der Waals surface area contributed by atoms with Gasteiger partial charge < -0.3 is 4.90 Å². The van der Waals surface area contributed by atoms with Crippen LogP contribution in [0.4, 0.5) is 0 Å². The predicted octanol–water partition coefficient (Wildman–Crippen LogP) is 4.63. The fourth-order valence-electron chi connectivity index (χ4n) is 2.44. The van der Waals surface area contributed by atoms with Gasteiger partial charge >= 0.3 is 0 Å². The van der Waals surface area contributed by atoms with E-state index < -0.39 is 0 Å². The first-order valence-corrected chi connectivity index (χ1v) is 7.42. The van der Waals surface area contributed by atoms with Crippen LogP contribution in [0.2, 0.25) is 0 Å². The van der Waals surface area contributed by atoms with E-state index >= 15 is 0 Å². The van der Waals surface area contributed by atoms with Gasteiger partial charge in [-0.3, -0.25) is 4.79 Å². The molecule has 0 heterocycles. The normalized spacial score (nSPS) is 12.0. The SMILES string of the molecule is C=CCN(C(=O)c1ccccc1)[C@@H](/C=C\C)c1ccccc1. The molecular formula is C20H21NO. The number of amides is 1. The van der Waals surface area contributed by atoms with Crippen molar-refractivity contribution < 1.29 is 4.79 Å². The van der Waals surface area contributed by atoms with Gasteiger partial charge in [-0.1, -0.05) is 66.8 Å². The zero-order valence-corrected chi connectivity index (χ0v) is 12.9. The average molecular weight is 291 g/mol. The average Bonchev–Trinajstić information content (AvgIpc) is 2.59. The molecule has 0 aliphatic heterocycles. The molecule has 1 amide bonds. The van der Waals surface area contributed by atoms with Crippen LogP contribution in [0, 0.1) is 0 Å². The van der Waals surface area contributed by atoms with Gasteiger partial charge in [0, 0.05) is 12.1 Å². The van der Waals surface area contributed by atoms with E-state index in [1.54, 1.807) is 6.08 Å². The van der Waals surface area contributed by atoms with Gasteiger partial charge in [-0.05, 0) is 24.6 Å². The highest BCUT2D eigenvalue weighted by molar-refractivity contribution is 5.94. The van der Waals surface area contributed by atoms with Crippen LogP contribution in [0.5, 0.6) is 0 Å². The Morgan fingerprint density at radius 3 is 2.23 bits per heavy atom. The van der Waals surface area contributed by atoms with Gasteiger partial charge in [-0.25, -0.2) is 0 Å². The summed E-state index contributed by atoms with van der Waals surface area (Å²) >= 11 is 0. The maximum Gasteiger partial charge on any atom is 0.254 e. The standard InChI is InChI=1S/C20H21NO/c1-3-11-19(17-12-7-5-8-13-17)21(16-4-2)20(22)18-14-9-6-10-15-18/h3-15,19H,2,16H2,1H3/b11-3-/t19-/m0/s1. The summed E-state index contributed by atoms with van der Waals surface area (Å²) in [5.41, 5.74) is 1.78. The van der Waals surface area contributed by atoms with Gasteiger partial charge in [0.2, 0.25) is 0 Å². The van der Waals surface area contributed by atoms with Crippen LogP contribution in [-0.4, -0.2) is 17.4 Å². The second-order valence-corrected chi connectivity index (χ2v) is 4.99. The van der Waals surface area contributed by atoms with E-state index in [9.17, 15) is 4.79 Å². The Bertz CT molecular complexity index is 631. The maximum atomic E-state index is 12.9. The molecule has 112 valence electrons. The highest BCUT2D eigenvalue weighted by atomic mass is 16.2. The first-order chi connectivity index (χ1) is 10.8. The highest BCUT2D eigenvalue weighted by Crippen LogP contribution is 2.24. The van der Waals surface area contributed by atoms with Gasteiger partial charge in [0.15, 0.2) is 0 Å². The first kappa shape index (κ1) is 15.8. The number of nitrogens with zero attached hydrogens (tertiary/aromatic N) is 1. The molecule has 0 saturated heterocycles. The number of carbonyl (C=O) groups excluding carboxylic acids is 1. The van der Waals surface area contributed by atoms with E-state index in [4.69, 9.17) is 0 Å². The third-order valence-electron chi connectivity index (χ3n) is 3.46. The number of hydrogen-bond acceptors (Lipinski definition) is 1. The van der Waals surface area contributed by atoms with Crippen molar-refractivity contribution in [1.29, 1.82) is 0 Å². The molecule has 0 aliphatic carbocycles. The summed E-state index contributed by atoms with van der Waals surface area (Å²) in [7, 11) is 0. The lowest BCUT2D eigenvalue weighted by Crippen LogP contribution is -2.34. The van der Waals surface area contributed by atoms with Crippen molar-refractivity contribution in [1.82, 2.24) is 4.90 Å². The lowest BCUT2D eigenvalue weighted by atomic mass is 10.0. The minimum absolute atomic E-state index is 0.00690. The number of rotatable bonds is 6. The van der Waals surface area contributed by atoms with Gasteiger partial charge in [0.25, 0.3) is 5.91 Å². The van der Waals surface area contributed by atoms with E-state index in [0.717, 1.165) is 5.56 Å². The molecule has 0 spiro atoms. The van der Waals surface area contributed by atoms with E-state index in [0.29, 0.717) is 12.1 Å². The Labute approximate surface area is 132 Å². The summed E-state index contributed by atoms with van der Waals surface area (Å²) in [6.45, 7) is 6.26. The van der Waals surface area contributed by atoms with Crippen LogP contribution in [0.15, 0.2) is 85.5 Å². The molecule has 2 aromatic rings. The zero-order chi connectivity index (χ0) is 15.8. The molecule has 0 N–H and O–H groups in total. The number of allylic oxidation sites excluding steroid dienone is 1. The number of benzene rings is 2. The summed E-state index contributed by atoms with van der Waals surface area (Å²) in [5.74, 6) is 0.00690. The molecule has 22 heavy (non-hydrogen) atoms. The van der Waals surface area contributed by atoms with Crippen molar-refractivity contribution in [2.24, 2.45) is 0 Å². The quantitative estimate of drug-likeness (QED) is 0.710. The predicted molar refractivity (Wildman–Crippen MR) is 91.7 cm³/mol. The van der Waals surface area contributed by atoms with Crippen molar-refractivity contribution in [3.63, 3.8) is 0 Å². The van der Waals surface area contributed by atoms with Crippen LogP contribution >= 0.6 is 0 Å². The van der Waals surface area contributed by atoms with Crippen molar-refractivity contribution in [3.8, 4) is 0 Å². The minimum Gasteiger partial charge on any atom is -0.324 e. The van der Waals surface area contributed by atoms with Gasteiger partial charge in [-0.2, -0.15) is 0 Å². The molecule has 0 saturated carbocycles. The number of carbonyl (C=O) groups is 1. The Morgan fingerprint density at radius 1 is 1.09 bits per heavy atom. The molecule has 0 bridgehead atoms. The molecule has 0 unspecified atom stereocenters. The van der Waals surface area contributed by atoms with Gasteiger partial charge in [0.1, 0.15) is 0 Å². The monoisotopic (exact) mass is 291 g/mol. The van der Waals surface area contributed by atoms with Crippen molar-refractivity contribution in [2.75, 3.05) is 6.54 Å². The minimum atomic E-state index is -0.100.